The average molecular weight is 208 g/mol. The summed E-state index contributed by atoms with van der Waals surface area (Å²) in [6.45, 7) is 5.46. The molecule has 15 heavy (non-hydrogen) atoms. The van der Waals surface area contributed by atoms with Crippen molar-refractivity contribution in [3.05, 3.63) is 0 Å². The van der Waals surface area contributed by atoms with Crippen molar-refractivity contribution in [3.8, 4) is 0 Å². The van der Waals surface area contributed by atoms with Gasteiger partial charge in [0, 0.05) is 25.7 Å². The van der Waals surface area contributed by atoms with Crippen molar-refractivity contribution in [2.75, 3.05) is 19.6 Å². The maximum absolute atomic E-state index is 11.8. The van der Waals surface area contributed by atoms with Crippen LogP contribution in [0.1, 0.15) is 26.2 Å². The summed E-state index contributed by atoms with van der Waals surface area (Å²) in [5, 5.41) is 3.12. The van der Waals surface area contributed by atoms with Gasteiger partial charge in [-0.05, 0) is 31.1 Å². The number of fused-ring (bicyclic) bond motifs is 1. The molecule has 3 aliphatic rings. The van der Waals surface area contributed by atoms with Gasteiger partial charge >= 0.3 is 0 Å². The fourth-order valence-electron chi connectivity index (χ4n) is 3.17. The van der Waals surface area contributed by atoms with E-state index in [1.165, 1.54) is 19.4 Å². The first-order chi connectivity index (χ1) is 7.22. The van der Waals surface area contributed by atoms with E-state index in [1.807, 2.05) is 0 Å². The lowest BCUT2D eigenvalue weighted by Gasteiger charge is -2.33. The highest BCUT2D eigenvalue weighted by Crippen LogP contribution is 2.35. The number of hydrogen-bond donors (Lipinski definition) is 1. The summed E-state index contributed by atoms with van der Waals surface area (Å²) in [6, 6.07) is 0.754. The van der Waals surface area contributed by atoms with Crippen LogP contribution in [-0.2, 0) is 4.79 Å². The molecule has 1 aliphatic carbocycles. The first-order valence-electron chi connectivity index (χ1n) is 6.24. The van der Waals surface area contributed by atoms with E-state index in [2.05, 4.69) is 17.1 Å². The second kappa shape index (κ2) is 3.48. The minimum absolute atomic E-state index is 0.293. The van der Waals surface area contributed by atoms with E-state index >= 15 is 0 Å². The molecule has 3 heteroatoms. The molecule has 2 heterocycles. The largest absolute Gasteiger partial charge is 0.356 e. The Morgan fingerprint density at radius 3 is 2.73 bits per heavy atom. The van der Waals surface area contributed by atoms with Gasteiger partial charge in [0.2, 0.25) is 5.91 Å². The van der Waals surface area contributed by atoms with Crippen molar-refractivity contribution in [1.29, 1.82) is 0 Å². The van der Waals surface area contributed by atoms with Crippen LogP contribution in [0.5, 0.6) is 0 Å². The molecule has 0 radical (unpaired) electrons. The van der Waals surface area contributed by atoms with Crippen LogP contribution < -0.4 is 5.32 Å². The number of nitrogens with one attached hydrogen (secondary N) is 1. The number of piperidine rings is 1. The van der Waals surface area contributed by atoms with Gasteiger partial charge in [0.15, 0.2) is 0 Å². The van der Waals surface area contributed by atoms with Gasteiger partial charge in [-0.25, -0.2) is 0 Å². The number of carbonyl (C=O) groups is 1. The third-order valence-corrected chi connectivity index (χ3v) is 4.25. The molecule has 0 bridgehead atoms. The van der Waals surface area contributed by atoms with E-state index in [1.54, 1.807) is 0 Å². The molecule has 3 unspecified atom stereocenters. The first-order valence-corrected chi connectivity index (χ1v) is 6.24. The van der Waals surface area contributed by atoms with Crippen LogP contribution in [0, 0.1) is 17.8 Å². The zero-order chi connectivity index (χ0) is 10.4. The highest BCUT2D eigenvalue weighted by molar-refractivity contribution is 5.79. The summed E-state index contributed by atoms with van der Waals surface area (Å²) in [4.78, 5) is 14.2. The maximum Gasteiger partial charge on any atom is 0.224 e. The molecular weight excluding hydrogens is 188 g/mol. The van der Waals surface area contributed by atoms with Gasteiger partial charge in [-0.15, -0.1) is 0 Å². The minimum Gasteiger partial charge on any atom is -0.356 e. The molecule has 1 saturated carbocycles. The molecule has 2 saturated heterocycles. The van der Waals surface area contributed by atoms with Gasteiger partial charge in [-0.2, -0.15) is 0 Å². The molecule has 0 aromatic heterocycles. The van der Waals surface area contributed by atoms with Gasteiger partial charge in [0.25, 0.3) is 0 Å². The zero-order valence-corrected chi connectivity index (χ0v) is 9.41. The van der Waals surface area contributed by atoms with Gasteiger partial charge < -0.3 is 5.32 Å². The molecule has 2 aliphatic heterocycles. The molecule has 0 aromatic carbocycles. The average Bonchev–Trinajstić information content (AvgIpc) is 2.78. The van der Waals surface area contributed by atoms with Crippen molar-refractivity contribution in [2.24, 2.45) is 17.8 Å². The van der Waals surface area contributed by atoms with E-state index < -0.39 is 0 Å². The van der Waals surface area contributed by atoms with Gasteiger partial charge in [0.05, 0.1) is 5.92 Å². The summed E-state index contributed by atoms with van der Waals surface area (Å²) in [5.41, 5.74) is 0. The molecule has 3 atom stereocenters. The molecule has 1 amide bonds. The number of amides is 1. The Hall–Kier alpha value is -0.570. The lowest BCUT2D eigenvalue weighted by atomic mass is 9.76. The predicted molar refractivity (Wildman–Crippen MR) is 58.4 cm³/mol. The molecule has 0 aromatic rings. The number of carbonyl (C=O) groups excluding carboxylic acids is 1. The van der Waals surface area contributed by atoms with Crippen molar-refractivity contribution in [1.82, 2.24) is 10.2 Å². The molecule has 1 N–H and O–H groups in total. The summed E-state index contributed by atoms with van der Waals surface area (Å²) >= 11 is 0. The topological polar surface area (TPSA) is 32.1 Å². The van der Waals surface area contributed by atoms with Crippen LogP contribution in [-0.4, -0.2) is 36.5 Å². The standard InChI is InChI=1S/C12H20N2O/c1-8-2-9(3-8)5-13-12(15)10-4-11-7-14(11)6-10/h8-11H,2-7H2,1H3,(H,13,15). The van der Waals surface area contributed by atoms with Crippen molar-refractivity contribution >= 4 is 5.91 Å². The van der Waals surface area contributed by atoms with Crippen molar-refractivity contribution in [3.63, 3.8) is 0 Å². The van der Waals surface area contributed by atoms with E-state index in [0.717, 1.165) is 37.4 Å². The Bertz CT molecular complexity index is 263. The second-order valence-electron chi connectivity index (χ2n) is 5.73. The maximum atomic E-state index is 11.8. The van der Waals surface area contributed by atoms with Crippen molar-refractivity contribution < 1.29 is 4.79 Å². The van der Waals surface area contributed by atoms with Crippen LogP contribution in [0.2, 0.25) is 0 Å². The van der Waals surface area contributed by atoms with Gasteiger partial charge in [-0.3, -0.25) is 9.69 Å². The van der Waals surface area contributed by atoms with Gasteiger partial charge in [0.1, 0.15) is 0 Å². The Morgan fingerprint density at radius 1 is 1.33 bits per heavy atom. The minimum atomic E-state index is 0.293. The first kappa shape index (κ1) is 9.64. The number of nitrogens with zero attached hydrogens (tertiary/aromatic N) is 1. The second-order valence-corrected chi connectivity index (χ2v) is 5.73. The molecule has 3 fully saturated rings. The van der Waals surface area contributed by atoms with Gasteiger partial charge in [-0.1, -0.05) is 6.92 Å². The third kappa shape index (κ3) is 1.89. The Morgan fingerprint density at radius 2 is 2.13 bits per heavy atom. The summed E-state index contributed by atoms with van der Waals surface area (Å²) in [5.74, 6) is 2.25. The van der Waals surface area contributed by atoms with E-state index in [-0.39, 0.29) is 0 Å². The number of hydrogen-bond acceptors (Lipinski definition) is 2. The van der Waals surface area contributed by atoms with E-state index in [0.29, 0.717) is 11.8 Å². The van der Waals surface area contributed by atoms with Crippen molar-refractivity contribution in [2.45, 2.75) is 32.2 Å². The lowest BCUT2D eigenvalue weighted by molar-refractivity contribution is -0.125. The Balaban J connectivity index is 1.38. The normalized spacial score (nSPS) is 46.9. The molecule has 0 spiro atoms. The zero-order valence-electron chi connectivity index (χ0n) is 9.41. The van der Waals surface area contributed by atoms with Crippen LogP contribution in [0.4, 0.5) is 0 Å². The van der Waals surface area contributed by atoms with E-state index in [4.69, 9.17) is 0 Å². The summed E-state index contributed by atoms with van der Waals surface area (Å²) in [6.07, 6.45) is 3.71. The predicted octanol–water partition coefficient (Wildman–Crippen LogP) is 0.853. The quantitative estimate of drug-likeness (QED) is 0.697. The fraction of sp³-hybridized carbons (Fsp3) is 0.917. The smallest absolute Gasteiger partial charge is 0.224 e. The molecule has 3 nitrogen and oxygen atoms in total. The fourth-order valence-corrected chi connectivity index (χ4v) is 3.17. The Labute approximate surface area is 91.2 Å². The summed E-state index contributed by atoms with van der Waals surface area (Å²) in [7, 11) is 0. The lowest BCUT2D eigenvalue weighted by Crippen LogP contribution is -2.39. The highest BCUT2D eigenvalue weighted by atomic mass is 16.1. The van der Waals surface area contributed by atoms with Crippen LogP contribution in [0.3, 0.4) is 0 Å². The number of rotatable bonds is 3. The summed E-state index contributed by atoms with van der Waals surface area (Å²) < 4.78 is 0. The monoisotopic (exact) mass is 208 g/mol. The Kier molecular flexibility index (Phi) is 2.23. The van der Waals surface area contributed by atoms with Crippen LogP contribution in [0.25, 0.3) is 0 Å². The van der Waals surface area contributed by atoms with Crippen LogP contribution >= 0.6 is 0 Å². The molecule has 84 valence electrons. The highest BCUT2D eigenvalue weighted by Gasteiger charge is 2.45. The molecule has 3 rings (SSSR count). The SMILES string of the molecule is CC1CC(CNC(=O)C2CC3CN3C2)C1. The molecular formula is C12H20N2O. The van der Waals surface area contributed by atoms with E-state index in [9.17, 15) is 4.79 Å². The van der Waals surface area contributed by atoms with Crippen LogP contribution in [0.15, 0.2) is 0 Å². The third-order valence-electron chi connectivity index (χ3n) is 4.25.